The highest BCUT2D eigenvalue weighted by Crippen LogP contribution is 2.07. The van der Waals surface area contributed by atoms with E-state index in [1.165, 1.54) is 4.90 Å². The first kappa shape index (κ1) is 37.0. The first-order chi connectivity index (χ1) is 18.3. The Kier molecular flexibility index (Phi) is 19.7. The first-order valence-electron chi connectivity index (χ1n) is 12.5. The molecule has 230 valence electrons. The summed E-state index contributed by atoms with van der Waals surface area (Å²) in [6.07, 6.45) is -7.62. The predicted octanol–water partition coefficient (Wildman–Crippen LogP) is -6.25. The molecular weight excluding hydrogens is 526 g/mol. The number of nitrogens with zero attached hydrogens (tertiary/aromatic N) is 3. The fraction of sp³-hybridized carbons (Fsp3) is 0.864. The monoisotopic (exact) mass is 571 g/mol. The van der Waals surface area contributed by atoms with Crippen LogP contribution >= 0.6 is 0 Å². The Morgan fingerprint density at radius 1 is 0.667 bits per heavy atom. The number of nitrogens with one attached hydrogen (secondary N) is 2. The van der Waals surface area contributed by atoms with Crippen LogP contribution < -0.4 is 10.6 Å². The van der Waals surface area contributed by atoms with Crippen molar-refractivity contribution in [3.05, 3.63) is 0 Å². The molecule has 0 saturated carbocycles. The minimum absolute atomic E-state index is 0.0272. The third kappa shape index (κ3) is 18.8. The number of carboxylic acids is 3. The molecule has 0 aliphatic heterocycles. The minimum atomic E-state index is -1.77. The van der Waals surface area contributed by atoms with Crippen LogP contribution in [0.25, 0.3) is 0 Å². The quantitative estimate of drug-likeness (QED) is 0.0455. The van der Waals surface area contributed by atoms with Crippen molar-refractivity contribution >= 4 is 17.9 Å². The lowest BCUT2D eigenvalue weighted by Gasteiger charge is -2.31. The molecule has 0 rings (SSSR count). The van der Waals surface area contributed by atoms with Gasteiger partial charge in [0.25, 0.3) is 0 Å². The molecule has 0 radical (unpaired) electrons. The largest absolute Gasteiger partial charge is 0.480 e. The van der Waals surface area contributed by atoms with E-state index in [0.29, 0.717) is 13.1 Å². The number of aliphatic carboxylic acids is 3. The van der Waals surface area contributed by atoms with E-state index < -0.39 is 55.0 Å². The minimum Gasteiger partial charge on any atom is -0.480 e. The summed E-state index contributed by atoms with van der Waals surface area (Å²) in [5.74, 6) is -3.15. The molecule has 17 nitrogen and oxygen atoms in total. The number of hydrogen-bond acceptors (Lipinski definition) is 14. The van der Waals surface area contributed by atoms with Crippen molar-refractivity contribution in [2.24, 2.45) is 0 Å². The number of carboxylic acid groups (broad SMARTS) is 3. The third-order valence-corrected chi connectivity index (χ3v) is 5.67. The van der Waals surface area contributed by atoms with Crippen molar-refractivity contribution in [1.82, 2.24) is 25.3 Å². The van der Waals surface area contributed by atoms with E-state index in [4.69, 9.17) is 15.3 Å². The lowest BCUT2D eigenvalue weighted by Crippen LogP contribution is -2.50. The van der Waals surface area contributed by atoms with Crippen LogP contribution in [0.5, 0.6) is 0 Å². The molecule has 0 spiro atoms. The van der Waals surface area contributed by atoms with Crippen LogP contribution in [-0.4, -0.2) is 201 Å². The van der Waals surface area contributed by atoms with Gasteiger partial charge in [0.15, 0.2) is 0 Å². The molecule has 0 aliphatic carbocycles. The van der Waals surface area contributed by atoms with E-state index in [9.17, 15) is 45.0 Å². The Labute approximate surface area is 226 Å². The fourth-order valence-electron chi connectivity index (χ4n) is 3.68. The SMILES string of the molecule is CN(CC(O)CN(CCNCC(=O)O)CCN(CCNCC(=O)O)CC(=O)O)CC(O)C(O)C(O)C(O)CO. The third-order valence-electron chi connectivity index (χ3n) is 5.67. The topological polar surface area (TPSA) is 267 Å². The summed E-state index contributed by atoms with van der Waals surface area (Å²) in [5, 5.41) is 90.9. The molecule has 17 heteroatoms. The molecule has 11 N–H and O–H groups in total. The van der Waals surface area contributed by atoms with Gasteiger partial charge in [-0.25, -0.2) is 0 Å². The molecule has 5 unspecified atom stereocenters. The van der Waals surface area contributed by atoms with E-state index in [1.54, 1.807) is 16.8 Å². The Hall–Kier alpha value is -2.03. The van der Waals surface area contributed by atoms with Gasteiger partial charge < -0.3 is 61.5 Å². The summed E-state index contributed by atoms with van der Waals surface area (Å²) in [7, 11) is 1.55. The number of aliphatic hydroxyl groups is 6. The van der Waals surface area contributed by atoms with Crippen LogP contribution in [0.2, 0.25) is 0 Å². The Balaban J connectivity index is 5.01. The molecule has 0 aromatic carbocycles. The molecule has 0 aliphatic rings. The van der Waals surface area contributed by atoms with Crippen LogP contribution in [-0.2, 0) is 14.4 Å². The maximum Gasteiger partial charge on any atom is 0.317 e. The van der Waals surface area contributed by atoms with E-state index in [0.717, 1.165) is 0 Å². The average molecular weight is 572 g/mol. The number of likely N-dealkylation sites (N-methyl/N-ethyl adjacent to an activating group) is 1. The number of rotatable bonds is 25. The molecule has 0 heterocycles. The standard InChI is InChI=1S/C22H45N5O12/c1-25(12-16(30)21(38)22(39)17(31)14-28)10-15(29)11-26(4-2-23-8-18(32)33)6-7-27(13-20(36)37)5-3-24-9-19(34)35/h15-17,21-24,28-31,38-39H,2-14H2,1H3,(H,32,33)(H,34,35)(H,36,37). The lowest BCUT2D eigenvalue weighted by atomic mass is 10.0. The maximum absolute atomic E-state index is 11.2. The molecular formula is C22H45N5O12. The highest BCUT2D eigenvalue weighted by atomic mass is 16.4. The Bertz CT molecular complexity index is 706. The smallest absolute Gasteiger partial charge is 0.317 e. The second-order valence-corrected chi connectivity index (χ2v) is 9.29. The van der Waals surface area contributed by atoms with Crippen molar-refractivity contribution in [2.45, 2.75) is 30.5 Å². The van der Waals surface area contributed by atoms with Gasteiger partial charge in [0, 0.05) is 58.9 Å². The van der Waals surface area contributed by atoms with E-state index in [1.807, 2.05) is 0 Å². The highest BCUT2D eigenvalue weighted by Gasteiger charge is 2.31. The average Bonchev–Trinajstić information content (AvgIpc) is 2.84. The zero-order valence-corrected chi connectivity index (χ0v) is 22.2. The number of carbonyl (C=O) groups is 3. The molecule has 0 fully saturated rings. The van der Waals surface area contributed by atoms with Crippen LogP contribution in [0.1, 0.15) is 0 Å². The van der Waals surface area contributed by atoms with Crippen molar-refractivity contribution in [2.75, 3.05) is 92.2 Å². The Morgan fingerprint density at radius 3 is 1.64 bits per heavy atom. The number of hydrogen-bond donors (Lipinski definition) is 11. The molecule has 0 bridgehead atoms. The summed E-state index contributed by atoms with van der Waals surface area (Å²) in [6.45, 7) is -0.0364. The van der Waals surface area contributed by atoms with Crippen LogP contribution in [0.3, 0.4) is 0 Å². The van der Waals surface area contributed by atoms with Crippen molar-refractivity contribution < 1.29 is 60.3 Å². The molecule has 0 amide bonds. The summed E-state index contributed by atoms with van der Waals surface area (Å²) < 4.78 is 0. The normalized spacial score (nSPS) is 15.8. The Morgan fingerprint density at radius 2 is 1.15 bits per heavy atom. The van der Waals surface area contributed by atoms with Crippen molar-refractivity contribution in [1.29, 1.82) is 0 Å². The van der Waals surface area contributed by atoms with Crippen LogP contribution in [0, 0.1) is 0 Å². The first-order valence-corrected chi connectivity index (χ1v) is 12.5. The summed E-state index contributed by atoms with van der Waals surface area (Å²) in [4.78, 5) is 37.5. The molecule has 5 atom stereocenters. The van der Waals surface area contributed by atoms with Gasteiger partial charge in [0.1, 0.15) is 18.3 Å². The lowest BCUT2D eigenvalue weighted by molar-refractivity contribution is -0.139. The summed E-state index contributed by atoms with van der Waals surface area (Å²) in [6, 6.07) is 0. The van der Waals surface area contributed by atoms with E-state index >= 15 is 0 Å². The van der Waals surface area contributed by atoms with Gasteiger partial charge >= 0.3 is 17.9 Å². The second-order valence-electron chi connectivity index (χ2n) is 9.29. The summed E-state index contributed by atoms with van der Waals surface area (Å²) in [5.41, 5.74) is 0. The van der Waals surface area contributed by atoms with Gasteiger partial charge in [-0.2, -0.15) is 0 Å². The maximum atomic E-state index is 11.2. The van der Waals surface area contributed by atoms with Crippen molar-refractivity contribution in [3.63, 3.8) is 0 Å². The van der Waals surface area contributed by atoms with Crippen LogP contribution in [0.15, 0.2) is 0 Å². The number of aliphatic hydroxyl groups excluding tert-OH is 6. The summed E-state index contributed by atoms with van der Waals surface area (Å²) >= 11 is 0. The van der Waals surface area contributed by atoms with Gasteiger partial charge in [-0.05, 0) is 7.05 Å². The molecule has 39 heavy (non-hydrogen) atoms. The van der Waals surface area contributed by atoms with E-state index in [-0.39, 0.29) is 65.4 Å². The van der Waals surface area contributed by atoms with E-state index in [2.05, 4.69) is 10.6 Å². The molecule has 0 aromatic rings. The van der Waals surface area contributed by atoms with Gasteiger partial charge in [-0.3, -0.25) is 24.2 Å². The predicted molar refractivity (Wildman–Crippen MR) is 136 cm³/mol. The molecule has 0 saturated heterocycles. The van der Waals surface area contributed by atoms with Crippen molar-refractivity contribution in [3.8, 4) is 0 Å². The molecule has 0 aromatic heterocycles. The van der Waals surface area contributed by atoms with Crippen LogP contribution in [0.4, 0.5) is 0 Å². The van der Waals surface area contributed by atoms with Gasteiger partial charge in [-0.1, -0.05) is 0 Å². The van der Waals surface area contributed by atoms with Gasteiger partial charge in [0.2, 0.25) is 0 Å². The second kappa shape index (κ2) is 20.8. The zero-order valence-electron chi connectivity index (χ0n) is 22.2. The van der Waals surface area contributed by atoms with Gasteiger partial charge in [-0.15, -0.1) is 0 Å². The highest BCUT2D eigenvalue weighted by molar-refractivity contribution is 5.69. The zero-order chi connectivity index (χ0) is 30.0. The fourth-order valence-corrected chi connectivity index (χ4v) is 3.68. The van der Waals surface area contributed by atoms with Gasteiger partial charge in [0.05, 0.1) is 38.4 Å².